The van der Waals surface area contributed by atoms with E-state index in [-0.39, 0.29) is 98.2 Å². The highest BCUT2D eigenvalue weighted by Gasteiger charge is 2.44. The number of carbonyl (C=O) groups excluding carboxylic acids is 4. The van der Waals surface area contributed by atoms with Crippen LogP contribution in [-0.2, 0) is 65.4 Å². The van der Waals surface area contributed by atoms with Crippen molar-refractivity contribution in [2.24, 2.45) is 0 Å². The average molecular weight is 1280 g/mol. The molecule has 2 aromatic heterocycles. The van der Waals surface area contributed by atoms with E-state index in [0.29, 0.717) is 126 Å². The number of carbonyl (C=O) groups is 4. The molecule has 0 aliphatic carbocycles. The number of rotatable bonds is 18. The molecule has 8 heterocycles. The molecule has 6 aliphatic heterocycles. The third kappa shape index (κ3) is 14.9. The van der Waals surface area contributed by atoms with Gasteiger partial charge in [0, 0.05) is 197 Å². The molecule has 26 heteroatoms. The smallest absolute Gasteiger partial charge is 0.251 e. The lowest BCUT2D eigenvalue weighted by Gasteiger charge is -2.43. The highest BCUT2D eigenvalue weighted by atomic mass is 19.2. The molecule has 0 unspecified atom stereocenters. The highest BCUT2D eigenvalue weighted by Crippen LogP contribution is 2.41. The molecular weight excluding hydrogens is 1200 g/mol. The summed E-state index contributed by atoms with van der Waals surface area (Å²) in [6.45, 7) is 18.7. The van der Waals surface area contributed by atoms with E-state index in [1.165, 1.54) is 12.1 Å². The van der Waals surface area contributed by atoms with Gasteiger partial charge in [-0.2, -0.15) is 0 Å². The number of amides is 4. The van der Waals surface area contributed by atoms with Crippen molar-refractivity contribution in [2.75, 3.05) is 115 Å². The predicted molar refractivity (Wildman–Crippen MR) is 331 cm³/mol. The molecule has 4 saturated heterocycles. The second-order valence-corrected chi connectivity index (χ2v) is 26.8. The number of pyridine rings is 2. The van der Waals surface area contributed by atoms with Gasteiger partial charge in [0.2, 0.25) is 11.8 Å². The molecule has 11 rings (SSSR count). The summed E-state index contributed by atoms with van der Waals surface area (Å²) in [6.07, 6.45) is -2.36. The summed E-state index contributed by atoms with van der Waals surface area (Å²) >= 11 is 0. The number of morpholine rings is 2. The third-order valence-corrected chi connectivity index (χ3v) is 18.7. The number of halogens is 6. The number of benzene rings is 3. The topological polar surface area (TPSA) is 220 Å². The maximum absolute atomic E-state index is 14.7. The molecular formula is C66H80F6N12O8. The van der Waals surface area contributed by atoms with Crippen LogP contribution in [-0.4, -0.2) is 194 Å². The number of aromatic amines is 2. The normalized spacial score (nSPS) is 23.5. The minimum atomic E-state index is -1.11. The molecule has 6 aliphatic rings. The lowest BCUT2D eigenvalue weighted by Crippen LogP contribution is -2.62. The Kier molecular flexibility index (Phi) is 19.7. The summed E-state index contributed by atoms with van der Waals surface area (Å²) in [4.78, 5) is 100.0. The molecule has 6 atom stereocenters. The van der Waals surface area contributed by atoms with Gasteiger partial charge in [0.1, 0.15) is 47.1 Å². The van der Waals surface area contributed by atoms with Crippen molar-refractivity contribution in [1.82, 2.24) is 50.8 Å². The molecule has 5 aromatic rings. The van der Waals surface area contributed by atoms with Gasteiger partial charge in [-0.1, -0.05) is 52.0 Å². The van der Waals surface area contributed by atoms with Crippen molar-refractivity contribution in [3.63, 3.8) is 0 Å². The Hall–Kier alpha value is -7.30. The Balaban J connectivity index is 0.636. The van der Waals surface area contributed by atoms with Crippen molar-refractivity contribution < 1.29 is 55.0 Å². The zero-order valence-electron chi connectivity index (χ0n) is 52.6. The zero-order valence-corrected chi connectivity index (χ0v) is 52.6. The Labute approximate surface area is 529 Å². The minimum Gasteiger partial charge on any atom is -0.366 e. The quantitative estimate of drug-likeness (QED) is 0.0690. The molecule has 0 saturated carbocycles. The Bertz CT molecular complexity index is 3450. The van der Waals surface area contributed by atoms with E-state index in [2.05, 4.69) is 50.8 Å². The van der Waals surface area contributed by atoms with Gasteiger partial charge < -0.3 is 50.5 Å². The molecule has 92 heavy (non-hydrogen) atoms. The van der Waals surface area contributed by atoms with Crippen LogP contribution in [0.4, 0.5) is 37.7 Å². The summed E-state index contributed by atoms with van der Waals surface area (Å²) < 4.78 is 98.2. The molecule has 20 nitrogen and oxygen atoms in total. The second kappa shape index (κ2) is 27.3. The average Bonchev–Trinajstić information content (AvgIpc) is 1.61. The van der Waals surface area contributed by atoms with E-state index in [1.807, 2.05) is 65.8 Å². The molecule has 3 aromatic carbocycles. The van der Waals surface area contributed by atoms with Gasteiger partial charge in [0.05, 0.1) is 37.7 Å². The number of hydrogen-bond acceptors (Lipinski definition) is 14. The second-order valence-electron chi connectivity index (χ2n) is 26.8. The molecule has 4 fully saturated rings. The van der Waals surface area contributed by atoms with Crippen LogP contribution in [0.25, 0.3) is 0 Å². The maximum Gasteiger partial charge on any atom is 0.251 e. The van der Waals surface area contributed by atoms with E-state index in [4.69, 9.17) is 9.47 Å². The number of H-pyrrole nitrogens is 2. The van der Waals surface area contributed by atoms with Crippen molar-refractivity contribution in [3.05, 3.63) is 161 Å². The van der Waals surface area contributed by atoms with Gasteiger partial charge in [-0.25, -0.2) is 26.3 Å². The first-order valence-corrected chi connectivity index (χ1v) is 31.4. The summed E-state index contributed by atoms with van der Waals surface area (Å²) in [5.41, 5.74) is 0.439. The fourth-order valence-electron chi connectivity index (χ4n) is 13.6. The van der Waals surface area contributed by atoms with E-state index in [1.54, 1.807) is 9.80 Å². The first-order valence-electron chi connectivity index (χ1n) is 31.4. The number of fused-ring (bicyclic) bond motifs is 2. The highest BCUT2D eigenvalue weighted by molar-refractivity contribution is 5.98. The van der Waals surface area contributed by atoms with Crippen molar-refractivity contribution in [3.8, 4) is 0 Å². The third-order valence-electron chi connectivity index (χ3n) is 18.7. The number of anilines is 2. The largest absolute Gasteiger partial charge is 0.366 e. The van der Waals surface area contributed by atoms with Gasteiger partial charge in [-0.3, -0.25) is 48.4 Å². The van der Waals surface area contributed by atoms with Crippen molar-refractivity contribution in [2.45, 2.75) is 115 Å². The maximum atomic E-state index is 14.7. The summed E-state index contributed by atoms with van der Waals surface area (Å²) in [5.74, 6) is -7.54. The summed E-state index contributed by atoms with van der Waals surface area (Å²) in [5, 5.41) is 13.1. The molecule has 0 radical (unpaired) electrons. The van der Waals surface area contributed by atoms with Crippen LogP contribution in [0, 0.1) is 34.9 Å². The first-order chi connectivity index (χ1) is 43.7. The van der Waals surface area contributed by atoms with Gasteiger partial charge in [-0.05, 0) is 37.1 Å². The summed E-state index contributed by atoms with van der Waals surface area (Å²) in [7, 11) is 0. The van der Waals surface area contributed by atoms with Gasteiger partial charge >= 0.3 is 0 Å². The van der Waals surface area contributed by atoms with Crippen LogP contribution in [0.5, 0.6) is 0 Å². The fraction of sp³-hybridized carbons (Fsp3) is 0.515. The Morgan fingerprint density at radius 3 is 1.29 bits per heavy atom. The molecule has 494 valence electrons. The predicted octanol–water partition coefficient (Wildman–Crippen LogP) is 3.69. The van der Waals surface area contributed by atoms with Gasteiger partial charge in [0.25, 0.3) is 22.9 Å². The molecule has 4 amide bonds. The minimum absolute atomic E-state index is 0.0342. The zero-order chi connectivity index (χ0) is 65.5. The number of hydrogen-bond donors (Lipinski definition) is 6. The first kappa shape index (κ1) is 66.2. The van der Waals surface area contributed by atoms with Gasteiger partial charge in [0.15, 0.2) is 0 Å². The number of nitrogens with zero attached hydrogens (tertiary/aromatic N) is 6. The SMILES string of the molecule is C[C@@H]1CN(CC(=O)N2CC(C)(C)c3[nH]c(=O)c(Cc4c(F)cc(F)cc4F)cc32)[C@@H](CN2CCO[C@H](C(=O)NCc3ccc(CNC(=O)[C@@H]4CN(C[C@H]5CN[C@H](C)CN5CC(=O)N5CC(C)(C)c6[nH]c(=O)c(Cc7c(F)cc(F)cc7F)cc65)CCO4)cc3)C2)CN1. The van der Waals surface area contributed by atoms with Crippen molar-refractivity contribution in [1.29, 1.82) is 0 Å². The number of nitrogens with one attached hydrogen (secondary N) is 6. The Morgan fingerprint density at radius 1 is 0.554 bits per heavy atom. The lowest BCUT2D eigenvalue weighted by molar-refractivity contribution is -0.139. The fourth-order valence-corrected chi connectivity index (χ4v) is 13.6. The van der Waals surface area contributed by atoms with Crippen molar-refractivity contribution >= 4 is 35.0 Å². The molecule has 0 bridgehead atoms. The van der Waals surface area contributed by atoms with Crippen LogP contribution in [0.1, 0.15) is 86.3 Å². The molecule has 6 N–H and O–H groups in total. The van der Waals surface area contributed by atoms with Gasteiger partial charge in [-0.15, -0.1) is 0 Å². The van der Waals surface area contributed by atoms with E-state index >= 15 is 0 Å². The number of aromatic nitrogens is 2. The molecule has 0 spiro atoms. The monoisotopic (exact) mass is 1280 g/mol. The van der Waals surface area contributed by atoms with E-state index in [0.717, 1.165) is 11.1 Å². The number of ether oxygens (including phenoxy) is 2. The van der Waals surface area contributed by atoms with Crippen LogP contribution >= 0.6 is 0 Å². The number of piperazine rings is 2. The lowest BCUT2D eigenvalue weighted by atomic mass is 9.91. The van der Waals surface area contributed by atoms with Crippen LogP contribution in [0.3, 0.4) is 0 Å². The van der Waals surface area contributed by atoms with E-state index < -0.39 is 93.0 Å². The van der Waals surface area contributed by atoms with Crippen LogP contribution in [0.2, 0.25) is 0 Å². The standard InChI is InChI=1S/C66H80F6N12O8/c1-37-27-81(33-57(85)83-35-65(3,4)59-53(83)17-41(61(87)77-59)15-47-49(69)19-43(67)20-50(47)70)45(25-73-37)29-79-11-13-91-55(31-79)63(89)75-23-39-7-9-40(10-8-39)24-76-64(90)56-32-80(12-14-92-56)30-46-26-74-38(2)28-82(46)34-58(86)84-36-66(5,6)60-54(84)18-42(62(88)78-60)16-48-51(71)21-44(68)22-52(48)72/h7-10,17-22,37-38,45-46,55-56,73-74H,11-16,23-36H2,1-6H3,(H,75,89)(H,76,90)(H,77,87)(H,78,88)/t37-,38-,45-,46-,55+,56+/m1/s1. The summed E-state index contributed by atoms with van der Waals surface area (Å²) in [6, 6.07) is 12.8. The van der Waals surface area contributed by atoms with Crippen LogP contribution in [0.15, 0.2) is 70.3 Å². The Morgan fingerprint density at radius 2 is 0.924 bits per heavy atom. The van der Waals surface area contributed by atoms with Crippen LogP contribution < -0.4 is 42.2 Å². The van der Waals surface area contributed by atoms with E-state index in [9.17, 15) is 55.1 Å².